The van der Waals surface area contributed by atoms with Gasteiger partial charge in [0.05, 0.1) is 31.3 Å². The Bertz CT molecular complexity index is 934. The molecule has 26 heavy (non-hydrogen) atoms. The summed E-state index contributed by atoms with van der Waals surface area (Å²) in [5.41, 5.74) is 1.79. The fourth-order valence-electron chi connectivity index (χ4n) is 2.63. The summed E-state index contributed by atoms with van der Waals surface area (Å²) >= 11 is 3.04. The molecule has 4 rings (SSSR count). The van der Waals surface area contributed by atoms with Gasteiger partial charge in [0.25, 0.3) is 5.91 Å². The van der Waals surface area contributed by atoms with Gasteiger partial charge in [-0.2, -0.15) is 11.3 Å². The highest BCUT2D eigenvalue weighted by molar-refractivity contribution is 7.17. The molecule has 0 spiro atoms. The standard InChI is InChI=1S/C19H16N2O3S2/c1-13-17(26-18(20-13)14-6-9-25-12-14)19(22)21(10-15-4-2-7-23-15)11-16-5-3-8-24-16/h2-9,12H,10-11H2,1H3. The number of amides is 1. The molecule has 0 saturated carbocycles. The highest BCUT2D eigenvalue weighted by Crippen LogP contribution is 2.30. The normalized spacial score (nSPS) is 11.0. The van der Waals surface area contributed by atoms with E-state index in [-0.39, 0.29) is 5.91 Å². The second-order valence-corrected chi connectivity index (χ2v) is 7.54. The van der Waals surface area contributed by atoms with Crippen molar-refractivity contribution in [2.24, 2.45) is 0 Å². The first-order chi connectivity index (χ1) is 12.7. The van der Waals surface area contributed by atoms with Crippen LogP contribution in [-0.4, -0.2) is 15.8 Å². The van der Waals surface area contributed by atoms with Crippen molar-refractivity contribution in [3.8, 4) is 10.6 Å². The summed E-state index contributed by atoms with van der Waals surface area (Å²) in [6.07, 6.45) is 3.22. The molecule has 0 aliphatic rings. The molecule has 0 radical (unpaired) electrons. The van der Waals surface area contributed by atoms with Crippen LogP contribution in [0.4, 0.5) is 0 Å². The van der Waals surface area contributed by atoms with Crippen LogP contribution in [0.5, 0.6) is 0 Å². The first kappa shape index (κ1) is 16.8. The lowest BCUT2D eigenvalue weighted by Gasteiger charge is -2.20. The molecule has 0 fully saturated rings. The Morgan fingerprint density at radius 3 is 2.35 bits per heavy atom. The predicted molar refractivity (Wildman–Crippen MR) is 101 cm³/mol. The molecule has 0 aliphatic heterocycles. The summed E-state index contributed by atoms with van der Waals surface area (Å²) < 4.78 is 10.9. The maximum atomic E-state index is 13.2. The number of aromatic nitrogens is 1. The maximum Gasteiger partial charge on any atom is 0.266 e. The molecule has 4 aromatic rings. The zero-order valence-electron chi connectivity index (χ0n) is 14.0. The molecule has 4 aromatic heterocycles. The number of furan rings is 2. The summed E-state index contributed by atoms with van der Waals surface area (Å²) in [5.74, 6) is 1.38. The minimum Gasteiger partial charge on any atom is -0.467 e. The number of hydrogen-bond acceptors (Lipinski definition) is 6. The summed E-state index contributed by atoms with van der Waals surface area (Å²) in [6.45, 7) is 2.62. The van der Waals surface area contributed by atoms with Gasteiger partial charge in [0, 0.05) is 10.9 Å². The smallest absolute Gasteiger partial charge is 0.266 e. The van der Waals surface area contributed by atoms with Crippen LogP contribution >= 0.6 is 22.7 Å². The Morgan fingerprint density at radius 1 is 1.12 bits per heavy atom. The summed E-state index contributed by atoms with van der Waals surface area (Å²) in [4.78, 5) is 20.2. The van der Waals surface area contributed by atoms with Crippen LogP contribution in [0.15, 0.2) is 62.5 Å². The predicted octanol–water partition coefficient (Wildman–Crippen LogP) is 5.21. The van der Waals surface area contributed by atoms with E-state index in [9.17, 15) is 4.79 Å². The van der Waals surface area contributed by atoms with E-state index in [0.29, 0.717) is 18.0 Å². The van der Waals surface area contributed by atoms with Gasteiger partial charge in [0.15, 0.2) is 0 Å². The number of nitrogens with zero attached hydrogens (tertiary/aromatic N) is 2. The molecule has 0 saturated heterocycles. The zero-order valence-corrected chi connectivity index (χ0v) is 15.7. The second-order valence-electron chi connectivity index (χ2n) is 5.77. The van der Waals surface area contributed by atoms with E-state index in [2.05, 4.69) is 4.98 Å². The summed E-state index contributed by atoms with van der Waals surface area (Å²) in [6, 6.07) is 9.37. The van der Waals surface area contributed by atoms with Crippen LogP contribution in [0.2, 0.25) is 0 Å². The number of carbonyl (C=O) groups excluding carboxylic acids is 1. The number of thiazole rings is 1. The average Bonchev–Trinajstić information content (AvgIpc) is 3.41. The minimum atomic E-state index is -0.0747. The first-order valence-corrected chi connectivity index (χ1v) is 9.80. The lowest BCUT2D eigenvalue weighted by atomic mass is 10.3. The fraction of sp³-hybridized carbons (Fsp3) is 0.158. The monoisotopic (exact) mass is 384 g/mol. The van der Waals surface area contributed by atoms with Gasteiger partial charge >= 0.3 is 0 Å². The summed E-state index contributed by atoms with van der Waals surface area (Å²) in [5, 5.41) is 4.91. The van der Waals surface area contributed by atoms with Gasteiger partial charge in [-0.3, -0.25) is 4.79 Å². The zero-order chi connectivity index (χ0) is 17.9. The molecular weight excluding hydrogens is 368 g/mol. The van der Waals surface area contributed by atoms with Crippen molar-refractivity contribution in [3.63, 3.8) is 0 Å². The Kier molecular flexibility index (Phi) is 4.73. The van der Waals surface area contributed by atoms with Crippen LogP contribution in [0.3, 0.4) is 0 Å². The van der Waals surface area contributed by atoms with E-state index in [4.69, 9.17) is 8.83 Å². The molecule has 0 atom stereocenters. The van der Waals surface area contributed by atoms with Crippen molar-refractivity contribution in [1.29, 1.82) is 0 Å². The minimum absolute atomic E-state index is 0.0747. The van der Waals surface area contributed by atoms with Crippen LogP contribution in [-0.2, 0) is 13.1 Å². The average molecular weight is 384 g/mol. The van der Waals surface area contributed by atoms with Gasteiger partial charge in [-0.05, 0) is 42.6 Å². The number of rotatable bonds is 6. The Labute approximate surface area is 158 Å². The molecule has 4 heterocycles. The lowest BCUT2D eigenvalue weighted by Crippen LogP contribution is -2.29. The van der Waals surface area contributed by atoms with E-state index in [0.717, 1.165) is 27.8 Å². The molecule has 132 valence electrons. The molecule has 0 aliphatic carbocycles. The van der Waals surface area contributed by atoms with Crippen LogP contribution in [0.25, 0.3) is 10.6 Å². The Hall–Kier alpha value is -2.64. The van der Waals surface area contributed by atoms with Crippen molar-refractivity contribution >= 4 is 28.6 Å². The molecule has 0 aromatic carbocycles. The molecule has 0 bridgehead atoms. The van der Waals surface area contributed by atoms with Gasteiger partial charge in [-0.25, -0.2) is 4.98 Å². The SMILES string of the molecule is Cc1nc(-c2ccsc2)sc1C(=O)N(Cc1ccco1)Cc1ccco1. The molecule has 7 heteroatoms. The van der Waals surface area contributed by atoms with Crippen LogP contribution in [0, 0.1) is 6.92 Å². The van der Waals surface area contributed by atoms with Crippen molar-refractivity contribution < 1.29 is 13.6 Å². The third-order valence-electron chi connectivity index (χ3n) is 3.90. The lowest BCUT2D eigenvalue weighted by molar-refractivity contribution is 0.0709. The van der Waals surface area contributed by atoms with E-state index >= 15 is 0 Å². The van der Waals surface area contributed by atoms with Gasteiger partial charge in [-0.1, -0.05) is 0 Å². The quantitative estimate of drug-likeness (QED) is 0.458. The summed E-state index contributed by atoms with van der Waals surface area (Å²) in [7, 11) is 0. The van der Waals surface area contributed by atoms with E-state index < -0.39 is 0 Å². The molecule has 1 amide bonds. The van der Waals surface area contributed by atoms with Gasteiger partial charge in [0.1, 0.15) is 21.4 Å². The molecule has 0 N–H and O–H groups in total. The third-order valence-corrected chi connectivity index (χ3v) is 5.78. The highest BCUT2D eigenvalue weighted by atomic mass is 32.1. The highest BCUT2D eigenvalue weighted by Gasteiger charge is 2.24. The van der Waals surface area contributed by atoms with Crippen molar-refractivity contribution in [3.05, 3.63) is 75.7 Å². The second kappa shape index (κ2) is 7.31. The van der Waals surface area contributed by atoms with E-state index in [1.54, 1.807) is 28.8 Å². The van der Waals surface area contributed by atoms with E-state index in [1.165, 1.54) is 11.3 Å². The Balaban J connectivity index is 1.63. The largest absolute Gasteiger partial charge is 0.467 e. The topological polar surface area (TPSA) is 59.5 Å². The van der Waals surface area contributed by atoms with Crippen LogP contribution < -0.4 is 0 Å². The van der Waals surface area contributed by atoms with Crippen LogP contribution in [0.1, 0.15) is 26.9 Å². The van der Waals surface area contributed by atoms with Gasteiger partial charge in [-0.15, -0.1) is 11.3 Å². The maximum absolute atomic E-state index is 13.2. The Morgan fingerprint density at radius 2 is 1.81 bits per heavy atom. The number of hydrogen-bond donors (Lipinski definition) is 0. The first-order valence-electron chi connectivity index (χ1n) is 8.05. The number of aryl methyl sites for hydroxylation is 1. The third kappa shape index (κ3) is 3.49. The van der Waals surface area contributed by atoms with E-state index in [1.807, 2.05) is 48.0 Å². The number of thiophene rings is 1. The molecule has 5 nitrogen and oxygen atoms in total. The molecular formula is C19H16N2O3S2. The van der Waals surface area contributed by atoms with Crippen molar-refractivity contribution in [1.82, 2.24) is 9.88 Å². The van der Waals surface area contributed by atoms with Gasteiger partial charge in [0.2, 0.25) is 0 Å². The van der Waals surface area contributed by atoms with Crippen molar-refractivity contribution in [2.75, 3.05) is 0 Å². The number of carbonyl (C=O) groups is 1. The van der Waals surface area contributed by atoms with Crippen molar-refractivity contribution in [2.45, 2.75) is 20.0 Å². The fourth-order valence-corrected chi connectivity index (χ4v) is 4.37. The van der Waals surface area contributed by atoms with Gasteiger partial charge < -0.3 is 13.7 Å². The molecule has 0 unspecified atom stereocenters.